The minimum Gasteiger partial charge on any atom is -0.336 e. The molecule has 0 saturated heterocycles. The molecule has 3 N–H and O–H groups in total. The van der Waals surface area contributed by atoms with Gasteiger partial charge in [-0.15, -0.1) is 21.5 Å². The molecule has 0 bridgehead atoms. The van der Waals surface area contributed by atoms with Gasteiger partial charge in [-0.2, -0.15) is 0 Å². The summed E-state index contributed by atoms with van der Waals surface area (Å²) >= 11 is 2.52. The van der Waals surface area contributed by atoms with Gasteiger partial charge in [0.15, 0.2) is 11.0 Å². The van der Waals surface area contributed by atoms with Crippen LogP contribution in [0.1, 0.15) is 23.9 Å². The number of carbonyl (C=O) groups is 1. The van der Waals surface area contributed by atoms with Crippen LogP contribution in [-0.4, -0.2) is 31.5 Å². The number of hydrogen-bond donors (Lipinski definition) is 2. The van der Waals surface area contributed by atoms with Gasteiger partial charge in [-0.25, -0.2) is 14.1 Å². The molecule has 2 aromatic carbocycles. The molecule has 1 amide bonds. The van der Waals surface area contributed by atoms with Crippen molar-refractivity contribution < 1.29 is 9.18 Å². The van der Waals surface area contributed by atoms with Crippen molar-refractivity contribution >= 4 is 34.1 Å². The number of thioether (sulfide) groups is 1. The zero-order valence-electron chi connectivity index (χ0n) is 17.3. The lowest BCUT2D eigenvalue weighted by Crippen LogP contribution is -2.17. The number of aromatic nitrogens is 4. The quantitative estimate of drug-likeness (QED) is 0.298. The van der Waals surface area contributed by atoms with E-state index in [0.29, 0.717) is 21.7 Å². The summed E-state index contributed by atoms with van der Waals surface area (Å²) in [5.74, 6) is 5.99. The van der Waals surface area contributed by atoms with Gasteiger partial charge in [0.2, 0.25) is 11.1 Å². The summed E-state index contributed by atoms with van der Waals surface area (Å²) in [6.45, 7) is 2.11. The number of nitrogens with one attached hydrogen (secondary N) is 1. The highest BCUT2D eigenvalue weighted by Gasteiger charge is 2.15. The van der Waals surface area contributed by atoms with E-state index < -0.39 is 0 Å². The Bertz CT molecular complexity index is 1220. The number of carbonyl (C=O) groups excluding carboxylic acids is 1. The maximum absolute atomic E-state index is 13.9. The molecular formula is C22H21FN6OS2. The van der Waals surface area contributed by atoms with Crippen LogP contribution in [0.15, 0.2) is 59.1 Å². The average Bonchev–Trinajstić information content (AvgIpc) is 3.41. The van der Waals surface area contributed by atoms with Gasteiger partial charge < -0.3 is 11.2 Å². The molecule has 2 heterocycles. The fourth-order valence-corrected chi connectivity index (χ4v) is 4.41. The molecule has 0 aliphatic carbocycles. The average molecular weight is 469 g/mol. The van der Waals surface area contributed by atoms with Crippen molar-refractivity contribution in [3.8, 4) is 11.3 Å². The lowest BCUT2D eigenvalue weighted by molar-refractivity contribution is -0.113. The SMILES string of the molecule is CCc1ccc(-c2csc(NC(=O)CSc3nnc(Cc4ccccc4F)n3N)n2)cc1. The second kappa shape index (κ2) is 9.92. The second-order valence-electron chi connectivity index (χ2n) is 6.96. The van der Waals surface area contributed by atoms with Gasteiger partial charge in [-0.1, -0.05) is 61.2 Å². The Hall–Kier alpha value is -3.24. The van der Waals surface area contributed by atoms with E-state index in [0.717, 1.165) is 29.4 Å². The number of hydrogen-bond acceptors (Lipinski definition) is 7. The first-order valence-electron chi connectivity index (χ1n) is 9.93. The maximum atomic E-state index is 13.9. The third kappa shape index (κ3) is 5.14. The summed E-state index contributed by atoms with van der Waals surface area (Å²) in [7, 11) is 0. The van der Waals surface area contributed by atoms with Crippen molar-refractivity contribution in [2.24, 2.45) is 0 Å². The lowest BCUT2D eigenvalue weighted by Gasteiger charge is -2.05. The summed E-state index contributed by atoms with van der Waals surface area (Å²) in [5.41, 5.74) is 3.57. The first kappa shape index (κ1) is 22.0. The summed E-state index contributed by atoms with van der Waals surface area (Å²) in [6, 6.07) is 14.6. The summed E-state index contributed by atoms with van der Waals surface area (Å²) < 4.78 is 15.1. The zero-order chi connectivity index (χ0) is 22.5. The first-order valence-corrected chi connectivity index (χ1v) is 11.8. The van der Waals surface area contributed by atoms with Crippen molar-refractivity contribution in [2.75, 3.05) is 16.9 Å². The normalized spacial score (nSPS) is 10.9. The van der Waals surface area contributed by atoms with Crippen LogP contribution >= 0.6 is 23.1 Å². The van der Waals surface area contributed by atoms with Crippen LogP contribution in [0.4, 0.5) is 9.52 Å². The minimum absolute atomic E-state index is 0.0924. The van der Waals surface area contributed by atoms with Crippen molar-refractivity contribution in [3.05, 3.63) is 76.7 Å². The fourth-order valence-electron chi connectivity index (χ4n) is 3.00. The van der Waals surface area contributed by atoms with Gasteiger partial charge in [0.1, 0.15) is 5.82 Å². The number of rotatable bonds is 8. The van der Waals surface area contributed by atoms with Crippen LogP contribution in [0.25, 0.3) is 11.3 Å². The summed E-state index contributed by atoms with van der Waals surface area (Å²) in [5, 5.41) is 13.7. The molecule has 7 nitrogen and oxygen atoms in total. The number of amides is 1. The molecule has 4 aromatic rings. The molecule has 0 aliphatic heterocycles. The van der Waals surface area contributed by atoms with Crippen LogP contribution in [0.5, 0.6) is 0 Å². The molecular weight excluding hydrogens is 447 g/mol. The Morgan fingerprint density at radius 3 is 2.72 bits per heavy atom. The van der Waals surface area contributed by atoms with E-state index in [4.69, 9.17) is 5.84 Å². The smallest absolute Gasteiger partial charge is 0.236 e. The summed E-state index contributed by atoms with van der Waals surface area (Å²) in [4.78, 5) is 16.8. The van der Waals surface area contributed by atoms with Gasteiger partial charge >= 0.3 is 0 Å². The predicted octanol–water partition coefficient (Wildman–Crippen LogP) is 4.14. The van der Waals surface area contributed by atoms with Crippen LogP contribution in [0.2, 0.25) is 0 Å². The number of anilines is 1. The molecule has 2 aromatic heterocycles. The highest BCUT2D eigenvalue weighted by atomic mass is 32.2. The van der Waals surface area contributed by atoms with Gasteiger partial charge in [-0.05, 0) is 23.6 Å². The first-order chi connectivity index (χ1) is 15.5. The molecule has 164 valence electrons. The van der Waals surface area contributed by atoms with Crippen LogP contribution < -0.4 is 11.2 Å². The van der Waals surface area contributed by atoms with Crippen LogP contribution in [0, 0.1) is 5.82 Å². The molecule has 32 heavy (non-hydrogen) atoms. The fraction of sp³-hybridized carbons (Fsp3) is 0.182. The number of thiazole rings is 1. The van der Waals surface area contributed by atoms with E-state index in [1.165, 1.54) is 27.6 Å². The van der Waals surface area contributed by atoms with Crippen molar-refractivity contribution in [1.82, 2.24) is 19.9 Å². The van der Waals surface area contributed by atoms with Crippen molar-refractivity contribution in [3.63, 3.8) is 0 Å². The van der Waals surface area contributed by atoms with Gasteiger partial charge in [0.05, 0.1) is 11.4 Å². The molecule has 0 saturated carbocycles. The monoisotopic (exact) mass is 468 g/mol. The zero-order valence-corrected chi connectivity index (χ0v) is 18.9. The third-order valence-electron chi connectivity index (χ3n) is 4.78. The highest BCUT2D eigenvalue weighted by molar-refractivity contribution is 7.99. The Morgan fingerprint density at radius 1 is 1.19 bits per heavy atom. The minimum atomic E-state index is -0.326. The topological polar surface area (TPSA) is 98.7 Å². The Balaban J connectivity index is 1.33. The number of benzene rings is 2. The standard InChI is InChI=1S/C22H21FN6OS2/c1-2-14-7-9-15(10-8-14)18-12-31-21(25-18)26-20(30)13-32-22-28-27-19(29(22)24)11-16-5-3-4-6-17(16)23/h3-10,12H,2,11,13,24H2,1H3,(H,25,26,30). The van der Waals surface area contributed by atoms with Crippen molar-refractivity contribution in [1.29, 1.82) is 0 Å². The Morgan fingerprint density at radius 2 is 1.97 bits per heavy atom. The lowest BCUT2D eigenvalue weighted by atomic mass is 10.1. The molecule has 10 heteroatoms. The Labute approximate surface area is 192 Å². The van der Waals surface area contributed by atoms with Gasteiger partial charge in [0.25, 0.3) is 0 Å². The van der Waals surface area contributed by atoms with Crippen LogP contribution in [0.3, 0.4) is 0 Å². The second-order valence-corrected chi connectivity index (χ2v) is 8.76. The number of nitrogens with zero attached hydrogens (tertiary/aromatic N) is 4. The van der Waals surface area contributed by atoms with E-state index >= 15 is 0 Å². The molecule has 0 aliphatic rings. The highest BCUT2D eigenvalue weighted by Crippen LogP contribution is 2.26. The number of halogens is 1. The molecule has 0 unspecified atom stereocenters. The van der Waals surface area contributed by atoms with Crippen molar-refractivity contribution in [2.45, 2.75) is 24.9 Å². The summed E-state index contributed by atoms with van der Waals surface area (Å²) in [6.07, 6.45) is 1.20. The maximum Gasteiger partial charge on any atom is 0.236 e. The number of nitrogen functional groups attached to an aromatic ring is 1. The number of nitrogens with two attached hydrogens (primary N) is 1. The predicted molar refractivity (Wildman–Crippen MR) is 126 cm³/mol. The Kier molecular flexibility index (Phi) is 6.81. The van der Waals surface area contributed by atoms with E-state index in [9.17, 15) is 9.18 Å². The largest absolute Gasteiger partial charge is 0.336 e. The third-order valence-corrected chi connectivity index (χ3v) is 6.48. The molecule has 0 radical (unpaired) electrons. The number of aryl methyl sites for hydroxylation is 1. The molecule has 0 fully saturated rings. The molecule has 0 atom stereocenters. The molecule has 4 rings (SSSR count). The van der Waals surface area contributed by atoms with E-state index in [1.54, 1.807) is 18.2 Å². The van der Waals surface area contributed by atoms with Gasteiger partial charge in [-0.3, -0.25) is 4.79 Å². The van der Waals surface area contributed by atoms with Crippen LogP contribution in [-0.2, 0) is 17.6 Å². The molecule has 0 spiro atoms. The van der Waals surface area contributed by atoms with E-state index in [2.05, 4.69) is 39.6 Å². The van der Waals surface area contributed by atoms with E-state index in [1.807, 2.05) is 17.5 Å². The van der Waals surface area contributed by atoms with E-state index in [-0.39, 0.29) is 23.9 Å². The van der Waals surface area contributed by atoms with Gasteiger partial charge in [0, 0.05) is 17.4 Å².